The van der Waals surface area contributed by atoms with E-state index >= 15 is 0 Å². The van der Waals surface area contributed by atoms with Gasteiger partial charge in [-0.1, -0.05) is 37.3 Å². The molecular formula is C26H25F3N2O5S. The van der Waals surface area contributed by atoms with Crippen molar-refractivity contribution in [1.82, 2.24) is 5.32 Å². The van der Waals surface area contributed by atoms with Crippen LogP contribution in [0.5, 0.6) is 5.75 Å². The molecule has 0 fully saturated rings. The highest BCUT2D eigenvalue weighted by molar-refractivity contribution is 7.16. The lowest BCUT2D eigenvalue weighted by Crippen LogP contribution is -2.49. The van der Waals surface area contributed by atoms with E-state index in [9.17, 15) is 32.7 Å². The summed E-state index contributed by atoms with van der Waals surface area (Å²) in [7, 11) is 0. The number of thiophene rings is 1. The predicted octanol–water partition coefficient (Wildman–Crippen LogP) is 5.50. The normalized spacial score (nSPS) is 11.7. The number of carboxylic acids is 1. The van der Waals surface area contributed by atoms with E-state index in [1.54, 1.807) is 30.3 Å². The van der Waals surface area contributed by atoms with Crippen LogP contribution in [0.4, 0.5) is 18.2 Å². The molecule has 1 aromatic heterocycles. The lowest BCUT2D eigenvalue weighted by Gasteiger charge is -2.20. The largest absolute Gasteiger partial charge is 0.573 e. The molecular weight excluding hydrogens is 509 g/mol. The number of anilines is 1. The number of aliphatic carboxylic acids is 1. The van der Waals surface area contributed by atoms with Crippen LogP contribution in [0.15, 0.2) is 54.6 Å². The molecule has 2 aromatic carbocycles. The molecule has 7 nitrogen and oxygen atoms in total. The van der Waals surface area contributed by atoms with Gasteiger partial charge >= 0.3 is 12.3 Å². The van der Waals surface area contributed by atoms with Gasteiger partial charge in [-0.2, -0.15) is 0 Å². The van der Waals surface area contributed by atoms with Crippen molar-refractivity contribution in [1.29, 1.82) is 0 Å². The van der Waals surface area contributed by atoms with E-state index in [0.717, 1.165) is 4.88 Å². The molecule has 3 aromatic rings. The van der Waals surface area contributed by atoms with Crippen molar-refractivity contribution in [3.8, 4) is 16.9 Å². The molecule has 0 atom stereocenters. The van der Waals surface area contributed by atoms with Crippen LogP contribution in [0.2, 0.25) is 0 Å². The third-order valence-electron chi connectivity index (χ3n) is 5.40. The molecule has 0 spiro atoms. The second-order valence-corrected chi connectivity index (χ2v) is 9.76. The Kier molecular flexibility index (Phi) is 8.39. The van der Waals surface area contributed by atoms with E-state index in [4.69, 9.17) is 0 Å². The third kappa shape index (κ3) is 7.40. The molecule has 0 radical (unpaired) electrons. The van der Waals surface area contributed by atoms with E-state index in [0.29, 0.717) is 33.7 Å². The Morgan fingerprint density at radius 3 is 2.27 bits per heavy atom. The highest BCUT2D eigenvalue weighted by atomic mass is 32.1. The number of carbonyl (C=O) groups excluding carboxylic acids is 2. The summed E-state index contributed by atoms with van der Waals surface area (Å²) in [6.45, 7) is 4.51. The van der Waals surface area contributed by atoms with Gasteiger partial charge in [-0.3, -0.25) is 19.7 Å². The second kappa shape index (κ2) is 11.1. The van der Waals surface area contributed by atoms with Gasteiger partial charge in [-0.25, -0.2) is 0 Å². The lowest BCUT2D eigenvalue weighted by atomic mass is 9.98. The number of ether oxygens (including phenoxy) is 1. The fraction of sp³-hybridized carbons (Fsp3) is 0.269. The molecule has 0 aliphatic rings. The first kappa shape index (κ1) is 27.9. The van der Waals surface area contributed by atoms with E-state index in [2.05, 4.69) is 15.4 Å². The minimum absolute atomic E-state index is 0.268. The van der Waals surface area contributed by atoms with E-state index < -0.39 is 23.8 Å². The highest BCUT2D eigenvalue weighted by Crippen LogP contribution is 2.32. The highest BCUT2D eigenvalue weighted by Gasteiger charge is 2.31. The Labute approximate surface area is 215 Å². The maximum Gasteiger partial charge on any atom is 0.573 e. The number of amides is 1. The average molecular weight is 535 g/mol. The van der Waals surface area contributed by atoms with Crippen molar-refractivity contribution < 1.29 is 37.4 Å². The van der Waals surface area contributed by atoms with Crippen molar-refractivity contribution in [3.63, 3.8) is 0 Å². The number of halogens is 3. The molecule has 3 N–H and O–H groups in total. The fourth-order valence-corrected chi connectivity index (χ4v) is 4.28. The average Bonchev–Trinajstić information content (AvgIpc) is 3.24. The number of carboxylic acid groups (broad SMARTS) is 1. The summed E-state index contributed by atoms with van der Waals surface area (Å²) < 4.78 is 41.2. The van der Waals surface area contributed by atoms with Gasteiger partial charge in [0.05, 0.1) is 12.1 Å². The van der Waals surface area contributed by atoms with Gasteiger partial charge in [-0.15, -0.1) is 24.5 Å². The van der Waals surface area contributed by atoms with Crippen LogP contribution in [-0.2, 0) is 16.0 Å². The van der Waals surface area contributed by atoms with Crippen molar-refractivity contribution in [2.75, 3.05) is 11.9 Å². The number of aryl methyl sites for hydroxylation is 1. The Bertz CT molecular complexity index is 1300. The zero-order valence-corrected chi connectivity index (χ0v) is 21.0. The van der Waals surface area contributed by atoms with Crippen LogP contribution in [0, 0.1) is 0 Å². The topological polar surface area (TPSA) is 105 Å². The van der Waals surface area contributed by atoms with Crippen LogP contribution >= 0.6 is 11.3 Å². The van der Waals surface area contributed by atoms with Gasteiger partial charge < -0.3 is 15.2 Å². The fourth-order valence-electron chi connectivity index (χ4n) is 3.27. The number of ketones is 1. The molecule has 196 valence electrons. The number of hydrogen-bond donors (Lipinski definition) is 3. The molecule has 0 aliphatic heterocycles. The number of alkyl halides is 3. The van der Waals surface area contributed by atoms with Gasteiger partial charge in [0.25, 0.3) is 0 Å². The first-order valence-electron chi connectivity index (χ1n) is 11.2. The number of hydrogen-bond acceptors (Lipinski definition) is 6. The summed E-state index contributed by atoms with van der Waals surface area (Å²) in [6.07, 6.45) is -4.15. The monoisotopic (exact) mass is 534 g/mol. The van der Waals surface area contributed by atoms with E-state index in [-0.39, 0.29) is 18.1 Å². The standard InChI is InChI=1S/C26H25F3N2O5S/c1-4-19-13-20(23(37-19)31-21(32)14-30-25(2,3)24(34)35)22(33)17-7-5-6-16(12-17)15-8-10-18(11-9-15)36-26(27,28)29/h5-13,30H,4,14H2,1-3H3,(H,31,32)(H,34,35). The number of benzene rings is 2. The lowest BCUT2D eigenvalue weighted by molar-refractivity contribution is -0.274. The molecule has 0 saturated carbocycles. The van der Waals surface area contributed by atoms with Gasteiger partial charge in [-0.05, 0) is 55.7 Å². The summed E-state index contributed by atoms with van der Waals surface area (Å²) in [5, 5.41) is 14.9. The maximum absolute atomic E-state index is 13.4. The van der Waals surface area contributed by atoms with Crippen molar-refractivity contribution in [2.24, 2.45) is 0 Å². The molecule has 1 amide bonds. The van der Waals surface area contributed by atoms with Gasteiger partial charge in [0.2, 0.25) is 5.91 Å². The molecule has 0 bridgehead atoms. The predicted molar refractivity (Wildman–Crippen MR) is 134 cm³/mol. The Morgan fingerprint density at radius 2 is 1.68 bits per heavy atom. The number of carbonyl (C=O) groups is 3. The molecule has 0 unspecified atom stereocenters. The van der Waals surface area contributed by atoms with Crippen LogP contribution in [0.25, 0.3) is 11.1 Å². The summed E-state index contributed by atoms with van der Waals surface area (Å²) >= 11 is 1.25. The summed E-state index contributed by atoms with van der Waals surface area (Å²) in [5.41, 5.74) is 0.510. The molecule has 0 saturated heterocycles. The van der Waals surface area contributed by atoms with Gasteiger partial charge in [0.15, 0.2) is 5.78 Å². The SMILES string of the molecule is CCc1cc(C(=O)c2cccc(-c3ccc(OC(F)(F)F)cc3)c2)c(NC(=O)CNC(C)(C)C(=O)O)s1. The molecule has 0 aliphatic carbocycles. The summed E-state index contributed by atoms with van der Waals surface area (Å²) in [4.78, 5) is 38.0. The number of nitrogens with one attached hydrogen (secondary N) is 2. The van der Waals surface area contributed by atoms with E-state index in [1.165, 1.54) is 49.4 Å². The maximum atomic E-state index is 13.4. The van der Waals surface area contributed by atoms with Gasteiger partial charge in [0, 0.05) is 10.4 Å². The molecule has 3 rings (SSSR count). The Morgan fingerprint density at radius 1 is 1.00 bits per heavy atom. The minimum atomic E-state index is -4.79. The smallest absolute Gasteiger partial charge is 0.480 e. The second-order valence-electron chi connectivity index (χ2n) is 8.62. The van der Waals surface area contributed by atoms with Crippen molar-refractivity contribution in [2.45, 2.75) is 39.1 Å². The van der Waals surface area contributed by atoms with Crippen LogP contribution in [0.3, 0.4) is 0 Å². The third-order valence-corrected chi connectivity index (χ3v) is 6.60. The minimum Gasteiger partial charge on any atom is -0.480 e. The van der Waals surface area contributed by atoms with Crippen molar-refractivity contribution in [3.05, 3.63) is 70.6 Å². The van der Waals surface area contributed by atoms with E-state index in [1.807, 2.05) is 6.92 Å². The molecule has 11 heteroatoms. The summed E-state index contributed by atoms with van der Waals surface area (Å²) in [6, 6.07) is 13.6. The first-order chi connectivity index (χ1) is 17.3. The molecule has 1 heterocycles. The Balaban J connectivity index is 1.81. The zero-order chi connectivity index (χ0) is 27.4. The quantitative estimate of drug-likeness (QED) is 0.297. The van der Waals surface area contributed by atoms with Gasteiger partial charge in [0.1, 0.15) is 16.3 Å². The van der Waals surface area contributed by atoms with Crippen molar-refractivity contribution >= 4 is 34.0 Å². The first-order valence-corrected chi connectivity index (χ1v) is 12.0. The van der Waals surface area contributed by atoms with Crippen LogP contribution in [-0.4, -0.2) is 41.2 Å². The van der Waals surface area contributed by atoms with Crippen LogP contribution in [0.1, 0.15) is 41.6 Å². The summed E-state index contributed by atoms with van der Waals surface area (Å²) in [5.74, 6) is -2.30. The number of rotatable bonds is 10. The van der Waals surface area contributed by atoms with Crippen LogP contribution < -0.4 is 15.4 Å². The molecule has 37 heavy (non-hydrogen) atoms. The Hall–Kier alpha value is -3.70. The zero-order valence-electron chi connectivity index (χ0n) is 20.2.